The fourth-order valence-electron chi connectivity index (χ4n) is 2.01. The molecule has 0 aliphatic heterocycles. The predicted molar refractivity (Wildman–Crippen MR) is 104 cm³/mol. The van der Waals surface area contributed by atoms with Gasteiger partial charge in [-0.05, 0) is 42.7 Å². The van der Waals surface area contributed by atoms with Gasteiger partial charge in [0.25, 0.3) is 0 Å². The number of hydrogen-bond donors (Lipinski definition) is 2. The van der Waals surface area contributed by atoms with Crippen molar-refractivity contribution in [3.05, 3.63) is 70.1 Å². The Hall–Kier alpha value is -2.45. The minimum Gasteiger partial charge on any atom is -0.388 e. The number of halogens is 2. The highest BCUT2D eigenvalue weighted by atomic mass is 32.2. The van der Waals surface area contributed by atoms with Gasteiger partial charge in [-0.2, -0.15) is 0 Å². The van der Waals surface area contributed by atoms with Crippen molar-refractivity contribution in [1.82, 2.24) is 4.98 Å². The maximum Gasteiger partial charge on any atom is 0.212 e. The normalized spacial score (nSPS) is 10.0. The predicted octanol–water partition coefficient (Wildman–Crippen LogP) is 4.68. The van der Waals surface area contributed by atoms with E-state index in [0.29, 0.717) is 0 Å². The molecule has 0 radical (unpaired) electrons. The topological polar surface area (TPSA) is 68.0 Å². The molecule has 8 heteroatoms. The van der Waals surface area contributed by atoms with Crippen LogP contribution in [0.4, 0.5) is 20.3 Å². The highest BCUT2D eigenvalue weighted by Crippen LogP contribution is 2.23. The first-order valence-corrected chi connectivity index (χ1v) is 9.57. The van der Waals surface area contributed by atoms with Gasteiger partial charge in [-0.1, -0.05) is 6.07 Å². The van der Waals surface area contributed by atoms with Gasteiger partial charge in [0.2, 0.25) is 5.78 Å². The Kier molecular flexibility index (Phi) is 7.11. The first-order chi connectivity index (χ1) is 12.5. The maximum absolute atomic E-state index is 13.3. The van der Waals surface area contributed by atoms with E-state index in [-0.39, 0.29) is 10.7 Å². The van der Waals surface area contributed by atoms with Crippen LogP contribution in [0.25, 0.3) is 0 Å². The number of thiazole rings is 1. The zero-order chi connectivity index (χ0) is 19.1. The molecule has 1 heterocycles. The highest BCUT2D eigenvalue weighted by molar-refractivity contribution is 7.98. The molecule has 2 aromatic carbocycles. The molecule has 0 fully saturated rings. The first kappa shape index (κ1) is 19.9. The molecule has 0 amide bonds. The summed E-state index contributed by atoms with van der Waals surface area (Å²) in [5, 5.41) is 3.07. The van der Waals surface area contributed by atoms with Gasteiger partial charge >= 0.3 is 0 Å². The Balaban J connectivity index is 0.000000209. The lowest BCUT2D eigenvalue weighted by molar-refractivity contribution is 0.103. The van der Waals surface area contributed by atoms with Crippen molar-refractivity contribution in [1.29, 1.82) is 0 Å². The van der Waals surface area contributed by atoms with Gasteiger partial charge in [0.05, 0.1) is 11.1 Å². The lowest BCUT2D eigenvalue weighted by atomic mass is 10.1. The van der Waals surface area contributed by atoms with E-state index in [9.17, 15) is 13.6 Å². The number of nitrogen functional groups attached to an aromatic ring is 1. The lowest BCUT2D eigenvalue weighted by Gasteiger charge is -2.02. The van der Waals surface area contributed by atoms with Gasteiger partial charge in [-0.15, -0.1) is 23.1 Å². The molecule has 0 aliphatic rings. The van der Waals surface area contributed by atoms with Crippen molar-refractivity contribution in [3.63, 3.8) is 0 Å². The molecule has 136 valence electrons. The second-order valence-electron chi connectivity index (χ2n) is 4.97. The standard InChI is InChI=1S/C10H6F2N2OS.C8H11NS/c11-5-2-1-3-6(12)7(5)8(15)9-10(13)14-4-16-9;1-9-7-3-5-8(10-2)6-4-7/h1-4H,13H2;3-6,9H,1-2H3. The van der Waals surface area contributed by atoms with Crippen molar-refractivity contribution in [3.8, 4) is 0 Å². The molecular weight excluding hydrogens is 376 g/mol. The zero-order valence-electron chi connectivity index (χ0n) is 14.1. The van der Waals surface area contributed by atoms with Crippen LogP contribution >= 0.6 is 23.1 Å². The second kappa shape index (κ2) is 9.30. The third kappa shape index (κ3) is 4.80. The number of carbonyl (C=O) groups excluding carboxylic acids is 1. The fourth-order valence-corrected chi connectivity index (χ4v) is 3.07. The number of benzene rings is 2. The number of thioether (sulfide) groups is 1. The Morgan fingerprint density at radius 2 is 1.77 bits per heavy atom. The molecule has 0 spiro atoms. The van der Waals surface area contributed by atoms with Gasteiger partial charge in [0.15, 0.2) is 0 Å². The quantitative estimate of drug-likeness (QED) is 0.497. The van der Waals surface area contributed by atoms with Gasteiger partial charge in [-0.3, -0.25) is 4.79 Å². The van der Waals surface area contributed by atoms with E-state index in [2.05, 4.69) is 40.8 Å². The molecule has 3 rings (SSSR count). The number of nitrogens with two attached hydrogens (primary N) is 1. The molecule has 0 atom stereocenters. The number of ketones is 1. The third-order valence-electron chi connectivity index (χ3n) is 3.37. The lowest BCUT2D eigenvalue weighted by Crippen LogP contribution is -2.07. The molecule has 0 bridgehead atoms. The van der Waals surface area contributed by atoms with Crippen molar-refractivity contribution in [2.75, 3.05) is 24.4 Å². The first-order valence-electron chi connectivity index (χ1n) is 7.47. The minimum atomic E-state index is -0.905. The molecular formula is C18H17F2N3OS2. The summed E-state index contributed by atoms with van der Waals surface area (Å²) >= 11 is 2.71. The minimum absolute atomic E-state index is 0.0161. The van der Waals surface area contributed by atoms with Crippen LogP contribution in [0.15, 0.2) is 52.9 Å². The van der Waals surface area contributed by atoms with Crippen LogP contribution in [0.1, 0.15) is 15.2 Å². The number of rotatable bonds is 4. The summed E-state index contributed by atoms with van der Waals surface area (Å²) in [5.41, 5.74) is 7.33. The number of aromatic nitrogens is 1. The van der Waals surface area contributed by atoms with Crippen molar-refractivity contribution in [2.24, 2.45) is 0 Å². The summed E-state index contributed by atoms with van der Waals surface area (Å²) in [4.78, 5) is 16.8. The molecule has 0 unspecified atom stereocenters. The molecule has 0 saturated carbocycles. The summed E-state index contributed by atoms with van der Waals surface area (Å²) in [6.45, 7) is 0. The van der Waals surface area contributed by atoms with Crippen LogP contribution in [-0.4, -0.2) is 24.1 Å². The Bertz CT molecular complexity index is 839. The molecule has 0 aliphatic carbocycles. The second-order valence-corrected chi connectivity index (χ2v) is 6.71. The largest absolute Gasteiger partial charge is 0.388 e. The third-order valence-corrected chi connectivity index (χ3v) is 4.95. The van der Waals surface area contributed by atoms with E-state index >= 15 is 0 Å². The van der Waals surface area contributed by atoms with Crippen LogP contribution in [0.5, 0.6) is 0 Å². The van der Waals surface area contributed by atoms with Gasteiger partial charge in [0, 0.05) is 17.6 Å². The van der Waals surface area contributed by atoms with Crippen LogP contribution in [0.3, 0.4) is 0 Å². The number of hydrogen-bond acceptors (Lipinski definition) is 6. The van der Waals surface area contributed by atoms with Gasteiger partial charge in [0.1, 0.15) is 22.3 Å². The highest BCUT2D eigenvalue weighted by Gasteiger charge is 2.22. The molecule has 1 aromatic heterocycles. The Labute approximate surface area is 158 Å². The molecule has 3 N–H and O–H groups in total. The van der Waals surface area contributed by atoms with E-state index in [1.54, 1.807) is 11.8 Å². The maximum atomic E-state index is 13.3. The van der Waals surface area contributed by atoms with Gasteiger partial charge < -0.3 is 11.1 Å². The van der Waals surface area contributed by atoms with E-state index in [4.69, 9.17) is 5.73 Å². The average Bonchev–Trinajstić information content (AvgIpc) is 3.08. The summed E-state index contributed by atoms with van der Waals surface area (Å²) in [5.74, 6) is -2.61. The van der Waals surface area contributed by atoms with Crippen molar-refractivity contribution < 1.29 is 13.6 Å². The Morgan fingerprint density at radius 1 is 1.15 bits per heavy atom. The van der Waals surface area contributed by atoms with Crippen molar-refractivity contribution in [2.45, 2.75) is 4.90 Å². The molecule has 4 nitrogen and oxygen atoms in total. The van der Waals surface area contributed by atoms with E-state index in [0.717, 1.165) is 29.2 Å². The van der Waals surface area contributed by atoms with Crippen LogP contribution in [-0.2, 0) is 0 Å². The fraction of sp³-hybridized carbons (Fsp3) is 0.111. The summed E-state index contributed by atoms with van der Waals surface area (Å²) in [6, 6.07) is 11.6. The number of anilines is 2. The Morgan fingerprint density at radius 3 is 2.23 bits per heavy atom. The zero-order valence-corrected chi connectivity index (χ0v) is 15.8. The van der Waals surface area contributed by atoms with Crippen LogP contribution in [0, 0.1) is 11.6 Å². The summed E-state index contributed by atoms with van der Waals surface area (Å²) in [7, 11) is 1.92. The van der Waals surface area contributed by atoms with Crippen LogP contribution < -0.4 is 11.1 Å². The smallest absolute Gasteiger partial charge is 0.212 e. The van der Waals surface area contributed by atoms with E-state index in [1.165, 1.54) is 16.5 Å². The molecule has 3 aromatic rings. The summed E-state index contributed by atoms with van der Waals surface area (Å²) < 4.78 is 26.6. The number of carbonyl (C=O) groups is 1. The van der Waals surface area contributed by atoms with E-state index < -0.39 is 23.0 Å². The molecule has 26 heavy (non-hydrogen) atoms. The summed E-state index contributed by atoms with van der Waals surface area (Å²) in [6.07, 6.45) is 2.08. The molecule has 0 saturated heterocycles. The SMILES string of the molecule is CNc1ccc(SC)cc1.Nc1ncsc1C(=O)c1c(F)cccc1F. The number of nitrogens with one attached hydrogen (secondary N) is 1. The average molecular weight is 393 g/mol. The monoisotopic (exact) mass is 393 g/mol. The van der Waals surface area contributed by atoms with Crippen LogP contribution in [0.2, 0.25) is 0 Å². The van der Waals surface area contributed by atoms with E-state index in [1.807, 2.05) is 7.05 Å². The number of nitrogens with zero attached hydrogens (tertiary/aromatic N) is 1. The van der Waals surface area contributed by atoms with Gasteiger partial charge in [-0.25, -0.2) is 13.8 Å². The van der Waals surface area contributed by atoms with Crippen molar-refractivity contribution >= 4 is 40.4 Å².